The number of imide groups is 1. The average Bonchev–Trinajstić information content (AvgIpc) is 2.85. The lowest BCUT2D eigenvalue weighted by Gasteiger charge is -2.18. The van der Waals surface area contributed by atoms with Gasteiger partial charge >= 0.3 is 5.97 Å². The number of halogens is 1. The predicted molar refractivity (Wildman–Crippen MR) is 89.7 cm³/mol. The van der Waals surface area contributed by atoms with E-state index in [2.05, 4.69) is 0 Å². The van der Waals surface area contributed by atoms with Crippen LogP contribution in [-0.2, 0) is 14.3 Å². The van der Waals surface area contributed by atoms with Crippen molar-refractivity contribution >= 4 is 23.5 Å². The third-order valence-corrected chi connectivity index (χ3v) is 4.40. The van der Waals surface area contributed by atoms with Gasteiger partial charge in [0, 0.05) is 11.1 Å². The van der Waals surface area contributed by atoms with Crippen molar-refractivity contribution in [2.75, 3.05) is 4.90 Å². The molecule has 3 rings (SSSR count). The molecular weight excluding hydrogens is 339 g/mol. The maximum absolute atomic E-state index is 14.6. The van der Waals surface area contributed by atoms with E-state index in [0.717, 1.165) is 29.9 Å². The molecule has 7 heteroatoms. The Morgan fingerprint density at radius 1 is 1.19 bits per heavy atom. The van der Waals surface area contributed by atoms with Crippen LogP contribution in [0.2, 0.25) is 0 Å². The van der Waals surface area contributed by atoms with Gasteiger partial charge in [0.2, 0.25) is 0 Å². The van der Waals surface area contributed by atoms with E-state index < -0.39 is 29.7 Å². The number of ether oxygens (including phenoxy) is 1. The van der Waals surface area contributed by atoms with Crippen molar-refractivity contribution in [1.82, 2.24) is 0 Å². The standard InChI is InChI=1S/C19H17FN2O4/c1-10(2)26-19(25)14-8-16(15(20)7-11(14)9-21)22-17(23)12-5-3-4-6-13(12)18(22)24/h7-8,10H,3-6H2,1-2H3. The van der Waals surface area contributed by atoms with Gasteiger partial charge in [-0.25, -0.2) is 14.1 Å². The number of benzene rings is 1. The Kier molecular flexibility index (Phi) is 4.60. The second-order valence-electron chi connectivity index (χ2n) is 6.52. The monoisotopic (exact) mass is 356 g/mol. The van der Waals surface area contributed by atoms with Crippen molar-refractivity contribution in [3.8, 4) is 6.07 Å². The van der Waals surface area contributed by atoms with Gasteiger partial charge in [-0.1, -0.05) is 0 Å². The third kappa shape index (κ3) is 2.88. The van der Waals surface area contributed by atoms with Crippen molar-refractivity contribution in [3.05, 3.63) is 40.2 Å². The summed E-state index contributed by atoms with van der Waals surface area (Å²) in [7, 11) is 0. The van der Waals surface area contributed by atoms with Gasteiger partial charge in [-0.05, 0) is 51.7 Å². The number of nitriles is 1. The number of esters is 1. The third-order valence-electron chi connectivity index (χ3n) is 4.40. The summed E-state index contributed by atoms with van der Waals surface area (Å²) in [6.07, 6.45) is 2.13. The first kappa shape index (κ1) is 17.8. The highest BCUT2D eigenvalue weighted by molar-refractivity contribution is 6.33. The maximum atomic E-state index is 14.6. The number of carbonyl (C=O) groups is 3. The minimum absolute atomic E-state index is 0.178. The maximum Gasteiger partial charge on any atom is 0.339 e. The van der Waals surface area contributed by atoms with Crippen LogP contribution in [0.3, 0.4) is 0 Å². The summed E-state index contributed by atoms with van der Waals surface area (Å²) in [6.45, 7) is 3.28. The van der Waals surface area contributed by atoms with E-state index in [1.807, 2.05) is 0 Å². The highest BCUT2D eigenvalue weighted by atomic mass is 19.1. The Labute approximate surface area is 149 Å². The average molecular weight is 356 g/mol. The molecule has 0 N–H and O–H groups in total. The van der Waals surface area contributed by atoms with Crippen molar-refractivity contribution in [3.63, 3.8) is 0 Å². The summed E-state index contributed by atoms with van der Waals surface area (Å²) >= 11 is 0. The molecule has 0 fully saturated rings. The first-order chi connectivity index (χ1) is 12.3. The molecule has 0 bridgehead atoms. The molecule has 134 valence electrons. The van der Waals surface area contributed by atoms with Gasteiger partial charge < -0.3 is 4.74 Å². The van der Waals surface area contributed by atoms with Gasteiger partial charge in [0.05, 0.1) is 22.9 Å². The zero-order chi connectivity index (χ0) is 19.0. The smallest absolute Gasteiger partial charge is 0.339 e. The second-order valence-corrected chi connectivity index (χ2v) is 6.52. The van der Waals surface area contributed by atoms with Gasteiger partial charge in [0.1, 0.15) is 11.9 Å². The van der Waals surface area contributed by atoms with Crippen LogP contribution >= 0.6 is 0 Å². The van der Waals surface area contributed by atoms with E-state index in [1.165, 1.54) is 0 Å². The fourth-order valence-corrected chi connectivity index (χ4v) is 3.23. The fourth-order valence-electron chi connectivity index (χ4n) is 3.23. The van der Waals surface area contributed by atoms with Gasteiger partial charge in [-0.15, -0.1) is 0 Å². The normalized spacial score (nSPS) is 16.8. The molecule has 2 aliphatic rings. The number of amides is 2. The van der Waals surface area contributed by atoms with Gasteiger partial charge in [0.25, 0.3) is 11.8 Å². The zero-order valence-corrected chi connectivity index (χ0v) is 14.5. The van der Waals surface area contributed by atoms with Gasteiger partial charge in [-0.2, -0.15) is 5.26 Å². The summed E-state index contributed by atoms with van der Waals surface area (Å²) in [5, 5.41) is 9.17. The largest absolute Gasteiger partial charge is 0.459 e. The fraction of sp³-hybridized carbons (Fsp3) is 0.368. The molecule has 0 saturated heterocycles. The Morgan fingerprint density at radius 2 is 1.77 bits per heavy atom. The highest BCUT2D eigenvalue weighted by Crippen LogP contribution is 2.37. The van der Waals surface area contributed by atoms with Gasteiger partial charge in [-0.3, -0.25) is 9.59 Å². The first-order valence-electron chi connectivity index (χ1n) is 8.40. The van der Waals surface area contributed by atoms with Crippen LogP contribution < -0.4 is 4.90 Å². The summed E-state index contributed by atoms with van der Waals surface area (Å²) in [5.74, 6) is -2.84. The van der Waals surface area contributed by atoms with Crippen LogP contribution in [0.1, 0.15) is 55.5 Å². The van der Waals surface area contributed by atoms with Crippen molar-refractivity contribution in [2.45, 2.75) is 45.6 Å². The first-order valence-corrected chi connectivity index (χ1v) is 8.40. The number of nitrogens with zero attached hydrogens (tertiary/aromatic N) is 2. The lowest BCUT2D eigenvalue weighted by atomic mass is 9.93. The number of anilines is 1. The highest BCUT2D eigenvalue weighted by Gasteiger charge is 2.41. The Hall–Kier alpha value is -3.01. The van der Waals surface area contributed by atoms with Crippen molar-refractivity contribution in [2.24, 2.45) is 0 Å². The van der Waals surface area contributed by atoms with E-state index in [1.54, 1.807) is 19.9 Å². The molecule has 1 aliphatic carbocycles. The van der Waals surface area contributed by atoms with E-state index in [9.17, 15) is 24.0 Å². The lowest BCUT2D eigenvalue weighted by molar-refractivity contribution is -0.120. The molecule has 0 saturated carbocycles. The van der Waals surface area contributed by atoms with Crippen LogP contribution in [0.5, 0.6) is 0 Å². The van der Waals surface area contributed by atoms with E-state index >= 15 is 0 Å². The molecule has 1 heterocycles. The molecule has 0 aromatic heterocycles. The molecule has 1 aromatic carbocycles. The molecule has 1 aliphatic heterocycles. The molecule has 1 aromatic rings. The van der Waals surface area contributed by atoms with Crippen LogP contribution in [0.4, 0.5) is 10.1 Å². The Bertz CT molecular complexity index is 868. The minimum atomic E-state index is -0.913. The SMILES string of the molecule is CC(C)OC(=O)c1cc(N2C(=O)C3=C(CCCC3)C2=O)c(F)cc1C#N. The van der Waals surface area contributed by atoms with Crippen molar-refractivity contribution < 1.29 is 23.5 Å². The number of hydrogen-bond acceptors (Lipinski definition) is 5. The molecule has 0 radical (unpaired) electrons. The molecule has 0 unspecified atom stereocenters. The number of hydrogen-bond donors (Lipinski definition) is 0. The molecule has 0 spiro atoms. The molecule has 26 heavy (non-hydrogen) atoms. The summed E-state index contributed by atoms with van der Waals surface area (Å²) in [5.41, 5.74) is 0.105. The lowest BCUT2D eigenvalue weighted by Crippen LogP contribution is -2.32. The number of rotatable bonds is 3. The van der Waals surface area contributed by atoms with Gasteiger partial charge in [0.15, 0.2) is 0 Å². The van der Waals surface area contributed by atoms with E-state index in [4.69, 9.17) is 4.74 Å². The summed E-state index contributed by atoms with van der Waals surface area (Å²) in [6, 6.07) is 3.64. The van der Waals surface area contributed by atoms with E-state index in [-0.39, 0.29) is 16.8 Å². The minimum Gasteiger partial charge on any atom is -0.459 e. The van der Waals surface area contributed by atoms with Crippen molar-refractivity contribution in [1.29, 1.82) is 5.26 Å². The molecule has 2 amide bonds. The molecule has 6 nitrogen and oxygen atoms in total. The Morgan fingerprint density at radius 3 is 2.27 bits per heavy atom. The Balaban J connectivity index is 2.06. The van der Waals surface area contributed by atoms with Crippen LogP contribution in [0.15, 0.2) is 23.3 Å². The summed E-state index contributed by atoms with van der Waals surface area (Å²) in [4.78, 5) is 38.2. The van der Waals surface area contributed by atoms with Crippen LogP contribution in [0.25, 0.3) is 0 Å². The number of carbonyl (C=O) groups excluding carboxylic acids is 3. The topological polar surface area (TPSA) is 87.5 Å². The summed E-state index contributed by atoms with van der Waals surface area (Å²) < 4.78 is 19.6. The van der Waals surface area contributed by atoms with Crippen LogP contribution in [-0.4, -0.2) is 23.9 Å². The zero-order valence-electron chi connectivity index (χ0n) is 14.5. The quantitative estimate of drug-likeness (QED) is 0.614. The second kappa shape index (κ2) is 6.71. The van der Waals surface area contributed by atoms with Crippen LogP contribution in [0, 0.1) is 17.1 Å². The molecule has 0 atom stereocenters. The molecular formula is C19H17FN2O4. The van der Waals surface area contributed by atoms with E-state index in [0.29, 0.717) is 24.0 Å². The predicted octanol–water partition coefficient (Wildman–Crippen LogP) is 3.01.